The fourth-order valence-corrected chi connectivity index (χ4v) is 3.78. The van der Waals surface area contributed by atoms with Crippen molar-refractivity contribution < 1.29 is 14.2 Å². The maximum absolute atomic E-state index is 6.13. The second-order valence-corrected chi connectivity index (χ2v) is 7.45. The first kappa shape index (κ1) is 25.2. The first-order valence-electron chi connectivity index (χ1n) is 9.84. The molecule has 7 nitrogen and oxygen atoms in total. The van der Waals surface area contributed by atoms with Gasteiger partial charge in [-0.2, -0.15) is 0 Å². The largest absolute Gasteiger partial charge is 0.493 e. The van der Waals surface area contributed by atoms with E-state index in [-0.39, 0.29) is 24.0 Å². The number of guanidine groups is 1. The normalized spacial score (nSPS) is 15.8. The average molecular weight is 561 g/mol. The summed E-state index contributed by atoms with van der Waals surface area (Å²) in [6, 6.07) is 12.1. The van der Waals surface area contributed by atoms with Gasteiger partial charge in [-0.05, 0) is 42.3 Å². The number of anilines is 1. The van der Waals surface area contributed by atoms with Gasteiger partial charge in [0, 0.05) is 43.4 Å². The van der Waals surface area contributed by atoms with Gasteiger partial charge in [0.15, 0.2) is 17.5 Å². The van der Waals surface area contributed by atoms with Gasteiger partial charge < -0.3 is 29.7 Å². The Morgan fingerprint density at radius 2 is 1.84 bits per heavy atom. The Kier molecular flexibility index (Phi) is 9.83. The van der Waals surface area contributed by atoms with E-state index in [9.17, 15) is 0 Å². The van der Waals surface area contributed by atoms with E-state index < -0.39 is 0 Å². The van der Waals surface area contributed by atoms with Crippen LogP contribution in [0.2, 0.25) is 5.02 Å². The molecule has 2 aromatic carbocycles. The second-order valence-electron chi connectivity index (χ2n) is 7.02. The summed E-state index contributed by atoms with van der Waals surface area (Å²) in [5, 5.41) is 7.63. The maximum atomic E-state index is 6.13. The maximum Gasteiger partial charge on any atom is 0.203 e. The van der Waals surface area contributed by atoms with Crippen molar-refractivity contribution >= 4 is 47.2 Å². The van der Waals surface area contributed by atoms with Crippen molar-refractivity contribution in [1.29, 1.82) is 0 Å². The van der Waals surface area contributed by atoms with Crippen LogP contribution in [0.1, 0.15) is 12.0 Å². The topological polar surface area (TPSA) is 67.4 Å². The molecule has 1 fully saturated rings. The lowest BCUT2D eigenvalue weighted by Crippen LogP contribution is -2.44. The summed E-state index contributed by atoms with van der Waals surface area (Å²) in [7, 11) is 6.59. The van der Waals surface area contributed by atoms with Gasteiger partial charge in [0.2, 0.25) is 5.75 Å². The number of ether oxygens (including phenoxy) is 3. The monoisotopic (exact) mass is 560 g/mol. The standard InChI is InChI=1S/C22H29ClN4O3.HI/c1-24-22(25-13-15-10-19(28-2)21(30-4)20(11-15)29-3)26-17-8-9-27(14-17)18-7-5-6-16(23)12-18;/h5-7,10-12,17H,8-9,13-14H2,1-4H3,(H2,24,25,26);1H. The quantitative estimate of drug-likeness (QED) is 0.304. The van der Waals surface area contributed by atoms with E-state index in [1.165, 1.54) is 0 Å². The molecular formula is C22H30ClIN4O3. The number of hydrogen-bond donors (Lipinski definition) is 2. The number of hydrogen-bond acceptors (Lipinski definition) is 5. The summed E-state index contributed by atoms with van der Waals surface area (Å²) in [6.45, 7) is 2.44. The number of aliphatic imine (C=N–C) groups is 1. The van der Waals surface area contributed by atoms with Crippen LogP contribution in [0, 0.1) is 0 Å². The van der Waals surface area contributed by atoms with Crippen LogP contribution in [0.3, 0.4) is 0 Å². The minimum Gasteiger partial charge on any atom is -0.493 e. The van der Waals surface area contributed by atoms with Gasteiger partial charge in [-0.25, -0.2) is 0 Å². The molecular weight excluding hydrogens is 531 g/mol. The minimum absolute atomic E-state index is 0. The third kappa shape index (κ3) is 6.46. The van der Waals surface area contributed by atoms with Gasteiger partial charge >= 0.3 is 0 Å². The average Bonchev–Trinajstić information content (AvgIpc) is 3.24. The second kappa shape index (κ2) is 12.1. The Balaban J connectivity index is 0.00000341. The molecule has 1 aliphatic heterocycles. The van der Waals surface area contributed by atoms with Crippen LogP contribution in [-0.4, -0.2) is 53.5 Å². The van der Waals surface area contributed by atoms with Crippen molar-refractivity contribution in [2.75, 3.05) is 46.4 Å². The molecule has 1 heterocycles. The van der Waals surface area contributed by atoms with Crippen molar-refractivity contribution in [3.63, 3.8) is 0 Å². The first-order chi connectivity index (χ1) is 14.6. The van der Waals surface area contributed by atoms with Crippen LogP contribution in [0.25, 0.3) is 0 Å². The highest BCUT2D eigenvalue weighted by Gasteiger charge is 2.23. The van der Waals surface area contributed by atoms with E-state index in [4.69, 9.17) is 25.8 Å². The van der Waals surface area contributed by atoms with Gasteiger partial charge in [0.25, 0.3) is 0 Å². The number of rotatable bonds is 7. The summed E-state index contributed by atoms with van der Waals surface area (Å²) in [6.07, 6.45) is 1.03. The minimum atomic E-state index is 0. The van der Waals surface area contributed by atoms with Crippen LogP contribution in [0.4, 0.5) is 5.69 Å². The van der Waals surface area contributed by atoms with E-state index >= 15 is 0 Å². The summed E-state index contributed by atoms with van der Waals surface area (Å²) in [5.74, 6) is 2.59. The number of methoxy groups -OCH3 is 3. The van der Waals surface area contributed by atoms with E-state index in [0.717, 1.165) is 41.7 Å². The molecule has 1 aliphatic rings. The lowest BCUT2D eigenvalue weighted by molar-refractivity contribution is 0.323. The van der Waals surface area contributed by atoms with E-state index in [0.29, 0.717) is 29.8 Å². The highest BCUT2D eigenvalue weighted by molar-refractivity contribution is 14.0. The highest BCUT2D eigenvalue weighted by atomic mass is 127. The van der Waals surface area contributed by atoms with Crippen LogP contribution in [-0.2, 0) is 6.54 Å². The molecule has 0 aliphatic carbocycles. The predicted molar refractivity (Wildman–Crippen MR) is 137 cm³/mol. The molecule has 1 unspecified atom stereocenters. The molecule has 0 spiro atoms. The predicted octanol–water partition coefficient (Wildman–Crippen LogP) is 3.93. The molecule has 2 N–H and O–H groups in total. The summed E-state index contributed by atoms with van der Waals surface area (Å²) >= 11 is 6.13. The Morgan fingerprint density at radius 1 is 1.13 bits per heavy atom. The first-order valence-corrected chi connectivity index (χ1v) is 10.2. The van der Waals surface area contributed by atoms with E-state index in [1.54, 1.807) is 28.4 Å². The summed E-state index contributed by atoms with van der Waals surface area (Å²) in [5.41, 5.74) is 2.14. The molecule has 3 rings (SSSR count). The van der Waals surface area contributed by atoms with Gasteiger partial charge in [-0.1, -0.05) is 17.7 Å². The number of nitrogens with one attached hydrogen (secondary N) is 2. The molecule has 0 saturated carbocycles. The van der Waals surface area contributed by atoms with Crippen molar-refractivity contribution in [1.82, 2.24) is 10.6 Å². The molecule has 0 amide bonds. The van der Waals surface area contributed by atoms with Gasteiger partial charge in [0.1, 0.15) is 0 Å². The van der Waals surface area contributed by atoms with Crippen molar-refractivity contribution in [3.8, 4) is 17.2 Å². The molecule has 1 saturated heterocycles. The zero-order valence-electron chi connectivity index (χ0n) is 18.3. The molecule has 1 atom stereocenters. The van der Waals surface area contributed by atoms with Crippen molar-refractivity contribution in [2.24, 2.45) is 4.99 Å². The fourth-order valence-electron chi connectivity index (χ4n) is 3.60. The Hall–Kier alpha value is -2.07. The third-order valence-electron chi connectivity index (χ3n) is 5.11. The molecule has 9 heteroatoms. The molecule has 0 radical (unpaired) electrons. The molecule has 0 bridgehead atoms. The van der Waals surface area contributed by atoms with Crippen molar-refractivity contribution in [2.45, 2.75) is 19.0 Å². The van der Waals surface area contributed by atoms with Crippen LogP contribution < -0.4 is 29.7 Å². The van der Waals surface area contributed by atoms with E-state index in [1.807, 2.05) is 30.3 Å². The van der Waals surface area contributed by atoms with Crippen LogP contribution >= 0.6 is 35.6 Å². The molecule has 2 aromatic rings. The zero-order chi connectivity index (χ0) is 21.5. The Labute approximate surface area is 206 Å². The van der Waals surface area contributed by atoms with Gasteiger partial charge in [-0.3, -0.25) is 4.99 Å². The van der Waals surface area contributed by atoms with Gasteiger partial charge in [-0.15, -0.1) is 24.0 Å². The zero-order valence-corrected chi connectivity index (χ0v) is 21.4. The van der Waals surface area contributed by atoms with Crippen molar-refractivity contribution in [3.05, 3.63) is 47.0 Å². The Bertz CT molecular complexity index is 872. The molecule has 0 aromatic heterocycles. The van der Waals surface area contributed by atoms with Gasteiger partial charge in [0.05, 0.1) is 21.3 Å². The number of halogens is 2. The molecule has 31 heavy (non-hydrogen) atoms. The third-order valence-corrected chi connectivity index (χ3v) is 5.35. The summed E-state index contributed by atoms with van der Waals surface area (Å²) in [4.78, 5) is 6.69. The smallest absolute Gasteiger partial charge is 0.203 e. The van der Waals surface area contributed by atoms with Crippen LogP contribution in [0.15, 0.2) is 41.4 Å². The Morgan fingerprint density at radius 3 is 2.42 bits per heavy atom. The lowest BCUT2D eigenvalue weighted by Gasteiger charge is -2.21. The number of benzene rings is 2. The molecule has 170 valence electrons. The SMILES string of the molecule is CN=C(NCc1cc(OC)c(OC)c(OC)c1)NC1CCN(c2cccc(Cl)c2)C1.I. The summed E-state index contributed by atoms with van der Waals surface area (Å²) < 4.78 is 16.2. The lowest BCUT2D eigenvalue weighted by atomic mass is 10.2. The fraction of sp³-hybridized carbons (Fsp3) is 0.409. The highest BCUT2D eigenvalue weighted by Crippen LogP contribution is 2.38. The van der Waals surface area contributed by atoms with E-state index in [2.05, 4.69) is 26.6 Å². The number of nitrogens with zero attached hydrogens (tertiary/aromatic N) is 2. The van der Waals surface area contributed by atoms with Crippen LogP contribution in [0.5, 0.6) is 17.2 Å².